The number of allylic oxidation sites excluding steroid dienone is 1. The first-order chi connectivity index (χ1) is 6.29. The Morgan fingerprint density at radius 3 is 2.07 bits per heavy atom. The molecule has 0 spiro atoms. The summed E-state index contributed by atoms with van der Waals surface area (Å²) in [5.74, 6) is 0.988. The molecule has 1 heteroatoms. The summed E-state index contributed by atoms with van der Waals surface area (Å²) in [5.41, 5.74) is 1.54. The van der Waals surface area contributed by atoms with Gasteiger partial charge in [0.25, 0.3) is 0 Å². The van der Waals surface area contributed by atoms with Gasteiger partial charge in [-0.15, -0.1) is 0 Å². The highest BCUT2D eigenvalue weighted by molar-refractivity contribution is 5.04. The minimum absolute atomic E-state index is 0.224. The summed E-state index contributed by atoms with van der Waals surface area (Å²) < 4.78 is 0. The maximum atomic E-state index is 9.01. The maximum Gasteiger partial charge on any atom is 0.0459 e. The van der Waals surface area contributed by atoms with E-state index in [-0.39, 0.29) is 5.41 Å². The van der Waals surface area contributed by atoms with Crippen molar-refractivity contribution in [1.82, 2.24) is 0 Å². The van der Waals surface area contributed by atoms with Gasteiger partial charge in [-0.25, -0.2) is 0 Å². The van der Waals surface area contributed by atoms with Crippen molar-refractivity contribution in [1.29, 1.82) is 0 Å². The molecule has 0 amide bonds. The molecule has 0 aliphatic carbocycles. The molecule has 0 saturated carbocycles. The largest absolute Gasteiger partial charge is 0.396 e. The Morgan fingerprint density at radius 2 is 1.71 bits per heavy atom. The lowest BCUT2D eigenvalue weighted by Gasteiger charge is -2.24. The van der Waals surface area contributed by atoms with E-state index in [2.05, 4.69) is 41.2 Å². The van der Waals surface area contributed by atoms with Crippen LogP contribution in [0.4, 0.5) is 0 Å². The molecule has 1 nitrogen and oxygen atoms in total. The molecular weight excluding hydrogens is 172 g/mol. The van der Waals surface area contributed by atoms with Crippen LogP contribution < -0.4 is 0 Å². The summed E-state index contributed by atoms with van der Waals surface area (Å²) >= 11 is 0. The number of rotatable bonds is 5. The quantitative estimate of drug-likeness (QED) is 0.669. The predicted molar refractivity (Wildman–Crippen MR) is 63.2 cm³/mol. The van der Waals surface area contributed by atoms with Gasteiger partial charge in [0.1, 0.15) is 0 Å². The van der Waals surface area contributed by atoms with E-state index in [4.69, 9.17) is 5.11 Å². The van der Waals surface area contributed by atoms with Crippen LogP contribution in [0, 0.1) is 17.3 Å². The van der Waals surface area contributed by atoms with Crippen LogP contribution in [0.3, 0.4) is 0 Å². The molecule has 0 heterocycles. The molecule has 1 unspecified atom stereocenters. The first-order valence-corrected chi connectivity index (χ1v) is 5.58. The molecule has 0 aromatic rings. The summed E-state index contributed by atoms with van der Waals surface area (Å²) in [7, 11) is 0. The van der Waals surface area contributed by atoms with E-state index in [1.807, 2.05) is 0 Å². The van der Waals surface area contributed by atoms with Crippen LogP contribution in [0.1, 0.15) is 47.5 Å². The fraction of sp³-hybridized carbons (Fsp3) is 0.846. The van der Waals surface area contributed by atoms with Gasteiger partial charge in [0.2, 0.25) is 0 Å². The number of hydrogen-bond donors (Lipinski definition) is 1. The van der Waals surface area contributed by atoms with E-state index in [0.717, 1.165) is 12.8 Å². The topological polar surface area (TPSA) is 20.2 Å². The van der Waals surface area contributed by atoms with E-state index in [9.17, 15) is 0 Å². The summed E-state index contributed by atoms with van der Waals surface area (Å²) in [6, 6.07) is 0. The Balaban J connectivity index is 3.89. The first-order valence-electron chi connectivity index (χ1n) is 5.58. The molecule has 0 aliphatic heterocycles. The van der Waals surface area contributed by atoms with Gasteiger partial charge in [0, 0.05) is 6.61 Å². The van der Waals surface area contributed by atoms with Crippen molar-refractivity contribution >= 4 is 0 Å². The molecule has 0 radical (unpaired) electrons. The smallest absolute Gasteiger partial charge is 0.0459 e. The van der Waals surface area contributed by atoms with Crippen LogP contribution >= 0.6 is 0 Å². The van der Waals surface area contributed by atoms with Crippen molar-refractivity contribution in [2.45, 2.75) is 47.5 Å². The highest BCUT2D eigenvalue weighted by Gasteiger charge is 2.17. The summed E-state index contributed by atoms with van der Waals surface area (Å²) in [6.45, 7) is 15.3. The van der Waals surface area contributed by atoms with E-state index >= 15 is 0 Å². The zero-order valence-electron chi connectivity index (χ0n) is 10.4. The van der Waals surface area contributed by atoms with Gasteiger partial charge in [-0.1, -0.05) is 46.8 Å². The normalized spacial score (nSPS) is 16.4. The number of aliphatic hydroxyl groups is 1. The summed E-state index contributed by atoms with van der Waals surface area (Å²) in [5, 5.41) is 9.01. The molecule has 0 aromatic heterocycles. The molecule has 0 fully saturated rings. The highest BCUT2D eigenvalue weighted by Crippen LogP contribution is 2.29. The van der Waals surface area contributed by atoms with Crippen LogP contribution in [0.5, 0.6) is 0 Å². The third-order valence-electron chi connectivity index (χ3n) is 3.22. The van der Waals surface area contributed by atoms with Crippen molar-refractivity contribution in [2.75, 3.05) is 6.61 Å². The van der Waals surface area contributed by atoms with Crippen molar-refractivity contribution in [3.05, 3.63) is 12.2 Å². The van der Waals surface area contributed by atoms with Gasteiger partial charge in [-0.2, -0.15) is 0 Å². The molecular formula is C13H26O. The Kier molecular flexibility index (Phi) is 5.43. The summed E-state index contributed by atoms with van der Waals surface area (Å²) in [6.07, 6.45) is 2.22. The molecule has 2 atom stereocenters. The minimum Gasteiger partial charge on any atom is -0.396 e. The van der Waals surface area contributed by atoms with Crippen LogP contribution in [0.2, 0.25) is 0 Å². The molecule has 14 heavy (non-hydrogen) atoms. The average molecular weight is 198 g/mol. The lowest BCUT2D eigenvalue weighted by Crippen LogP contribution is -2.14. The van der Waals surface area contributed by atoms with Crippen LogP contribution in [-0.2, 0) is 0 Å². The van der Waals surface area contributed by atoms with Crippen LogP contribution in [0.15, 0.2) is 12.2 Å². The minimum atomic E-state index is 0.224. The van der Waals surface area contributed by atoms with E-state index in [1.54, 1.807) is 0 Å². The standard InChI is InChI=1S/C13H26O/c1-10(11(2)9-14)7-8-12(3)13(4,5)6/h10-11,14H,3,7-9H2,1-2,4-6H3/t10?,11-/m0/s1. The maximum absolute atomic E-state index is 9.01. The fourth-order valence-corrected chi connectivity index (χ4v) is 1.24. The average Bonchev–Trinajstić information content (AvgIpc) is 2.10. The predicted octanol–water partition coefficient (Wildman–Crippen LogP) is 3.63. The first kappa shape index (κ1) is 13.7. The van der Waals surface area contributed by atoms with E-state index in [1.165, 1.54) is 5.57 Å². The van der Waals surface area contributed by atoms with E-state index in [0.29, 0.717) is 18.4 Å². The SMILES string of the molecule is C=C(CCC(C)[C@@H](C)CO)C(C)(C)C. The van der Waals surface area contributed by atoms with Gasteiger partial charge in [-0.05, 0) is 30.1 Å². The Bertz CT molecular complexity index is 176. The van der Waals surface area contributed by atoms with Crippen molar-refractivity contribution < 1.29 is 5.11 Å². The van der Waals surface area contributed by atoms with Crippen LogP contribution in [0.25, 0.3) is 0 Å². The van der Waals surface area contributed by atoms with Crippen molar-refractivity contribution in [2.24, 2.45) is 17.3 Å². The van der Waals surface area contributed by atoms with E-state index < -0.39 is 0 Å². The molecule has 1 N–H and O–H groups in total. The molecule has 0 bridgehead atoms. The third kappa shape index (κ3) is 4.80. The Morgan fingerprint density at radius 1 is 1.21 bits per heavy atom. The zero-order valence-corrected chi connectivity index (χ0v) is 10.4. The molecule has 84 valence electrons. The number of hydrogen-bond acceptors (Lipinski definition) is 1. The third-order valence-corrected chi connectivity index (χ3v) is 3.22. The van der Waals surface area contributed by atoms with Gasteiger partial charge >= 0.3 is 0 Å². The lowest BCUT2D eigenvalue weighted by atomic mass is 9.82. The van der Waals surface area contributed by atoms with Gasteiger partial charge in [0.05, 0.1) is 0 Å². The van der Waals surface area contributed by atoms with Crippen molar-refractivity contribution in [3.63, 3.8) is 0 Å². The Hall–Kier alpha value is -0.300. The van der Waals surface area contributed by atoms with Gasteiger partial charge in [-0.3, -0.25) is 0 Å². The lowest BCUT2D eigenvalue weighted by molar-refractivity contribution is 0.190. The highest BCUT2D eigenvalue weighted by atomic mass is 16.3. The second kappa shape index (κ2) is 5.55. The van der Waals surface area contributed by atoms with Gasteiger partial charge in [0.15, 0.2) is 0 Å². The summed E-state index contributed by atoms with van der Waals surface area (Å²) in [4.78, 5) is 0. The zero-order chi connectivity index (χ0) is 11.4. The molecule has 0 saturated heterocycles. The van der Waals surface area contributed by atoms with Crippen molar-refractivity contribution in [3.8, 4) is 0 Å². The molecule has 0 aromatic carbocycles. The monoisotopic (exact) mass is 198 g/mol. The molecule has 0 aliphatic rings. The molecule has 0 rings (SSSR count). The van der Waals surface area contributed by atoms with Crippen LogP contribution in [-0.4, -0.2) is 11.7 Å². The van der Waals surface area contributed by atoms with Gasteiger partial charge < -0.3 is 5.11 Å². The second-order valence-electron chi connectivity index (χ2n) is 5.53. The number of aliphatic hydroxyl groups excluding tert-OH is 1. The second-order valence-corrected chi connectivity index (χ2v) is 5.53. The Labute approximate surface area is 89.2 Å². The fourth-order valence-electron chi connectivity index (χ4n) is 1.24.